The molecule has 0 spiro atoms. The Balaban J connectivity index is -0.000000125. The maximum Gasteiger partial charge on any atom is 0.169 e. The van der Waals surface area contributed by atoms with E-state index in [1.807, 2.05) is 0 Å². The van der Waals surface area contributed by atoms with Crippen LogP contribution in [0.25, 0.3) is 0 Å². The summed E-state index contributed by atoms with van der Waals surface area (Å²) in [5.74, 6) is 0. The Morgan fingerprint density at radius 2 is 0.371 bits per heavy atom. The van der Waals surface area contributed by atoms with Crippen LogP contribution >= 0.6 is 115 Å². The number of rotatable bonds is 6. The topological polar surface area (TPSA) is 379 Å². The van der Waals surface area contributed by atoms with E-state index in [4.69, 9.17) is 0 Å². The fraction of sp³-hybridized carbons (Fsp3) is 1.00. The molecule has 0 aliphatic rings. The van der Waals surface area contributed by atoms with Gasteiger partial charge in [-0.2, -0.15) is 0 Å². The predicted molar refractivity (Wildman–Crippen MR) is 88.9 cm³/mol. The molecule has 0 N–H and O–H groups in total. The minimum atomic E-state index is -5.85. The fourth-order valence-electron chi connectivity index (χ4n) is 0.450. The van der Waals surface area contributed by atoms with E-state index >= 15 is 0 Å². The summed E-state index contributed by atoms with van der Waals surface area (Å²) in [5, 5.41) is 0. The van der Waals surface area contributed by atoms with Crippen molar-refractivity contribution in [1.82, 2.24) is 0 Å². The van der Waals surface area contributed by atoms with Crippen LogP contribution in [0.1, 0.15) is 0 Å². The molecule has 0 aromatic heterocycles. The van der Waals surface area contributed by atoms with Gasteiger partial charge in [0.1, 0.15) is 0 Å². The van der Waals surface area contributed by atoms with Gasteiger partial charge in [-0.05, 0) is 45.6 Å². The molecule has 0 saturated heterocycles. The number of halogens is 6. The van der Waals surface area contributed by atoms with Gasteiger partial charge < -0.3 is 86.1 Å². The quantitative estimate of drug-likeness (QED) is 0.176. The monoisotopic (exact) mass is 1090 g/mol. The summed E-state index contributed by atoms with van der Waals surface area (Å²) >= 11 is 26.9. The average molecular weight is 1090 g/mol. The molecular weight excluding hydrogens is 1090 g/mol. The van der Waals surface area contributed by atoms with E-state index in [1.54, 1.807) is 0 Å². The molecule has 32 heteroatoms. The molecule has 0 fully saturated rings. The summed E-state index contributed by atoms with van der Waals surface area (Å²) in [6.45, 7) is 0. The van der Waals surface area contributed by atoms with Crippen molar-refractivity contribution in [1.29, 1.82) is 0 Å². The van der Waals surface area contributed by atoms with Crippen molar-refractivity contribution in [3.8, 4) is 0 Å². The third-order valence-electron chi connectivity index (χ3n) is 1.98. The summed E-state index contributed by atoms with van der Waals surface area (Å²) in [6, 6.07) is 0. The maximum atomic E-state index is 9.94. The van der Waals surface area contributed by atoms with Crippen LogP contribution in [0.3, 0.4) is 0 Å². The van der Waals surface area contributed by atoms with Crippen molar-refractivity contribution < 1.29 is 128 Å². The molecule has 216 valence electrons. The first-order valence-electron chi connectivity index (χ1n) is 5.76. The van der Waals surface area contributed by atoms with Gasteiger partial charge in [0, 0.05) is 42.1 Å². The Hall–Kier alpha value is 4.02. The molecule has 0 aliphatic carbocycles. The van der Waals surface area contributed by atoms with Crippen molar-refractivity contribution in [2.24, 2.45) is 0 Å². The largest absolute Gasteiger partial charge is 0.808 e. The Morgan fingerprint density at radius 1 is 0.314 bits per heavy atom. The molecule has 0 rings (SSSR count). The van der Waals surface area contributed by atoms with Gasteiger partial charge in [0.25, 0.3) is 0 Å². The third kappa shape index (κ3) is 14.7. The molecular formula is C3Cl6O18P6W2-12. The van der Waals surface area contributed by atoms with Gasteiger partial charge in [0.15, 0.2) is 11.4 Å². The molecule has 0 atom stereocenters. The third-order valence-corrected chi connectivity index (χ3v) is 17.8. The molecule has 0 radical (unpaired) electrons. The van der Waals surface area contributed by atoms with Crippen LogP contribution in [-0.2, 0) is 69.5 Å². The molecule has 0 saturated carbocycles. The zero-order valence-corrected chi connectivity index (χ0v) is 30.4. The molecule has 35 heavy (non-hydrogen) atoms. The van der Waals surface area contributed by atoms with E-state index < -0.39 is 57.0 Å². The van der Waals surface area contributed by atoms with E-state index in [0.717, 1.165) is 0 Å². The van der Waals surface area contributed by atoms with Crippen molar-refractivity contribution in [3.05, 3.63) is 0 Å². The zero-order valence-electron chi connectivity index (χ0n) is 14.6. The SMILES string of the molecule is O=P([O-])([O-])C(Cl)(Cl)P(=O)([O-])[O-].O=P([O-])([O-])C(Cl)(Cl)P(=O)([O-])[O-].O=P([O-])([O-])C(Cl)(Cl)P(=O)([O-])[O-].[W].[W]. The average Bonchev–Trinajstić information content (AvgIpc) is 2.41. The van der Waals surface area contributed by atoms with Gasteiger partial charge in [-0.25, -0.2) is 0 Å². The molecule has 0 aromatic rings. The van der Waals surface area contributed by atoms with Crippen molar-refractivity contribution in [2.45, 2.75) is 11.4 Å². The number of hydrogen-bond acceptors (Lipinski definition) is 18. The van der Waals surface area contributed by atoms with Crippen LogP contribution in [-0.4, -0.2) is 11.4 Å². The first-order chi connectivity index (χ1) is 13.5. The van der Waals surface area contributed by atoms with E-state index in [0.29, 0.717) is 0 Å². The van der Waals surface area contributed by atoms with Crippen LogP contribution < -0.4 is 58.7 Å². The number of hydrogen-bond donors (Lipinski definition) is 0. The first-order valence-corrected chi connectivity index (χ1v) is 17.3. The fourth-order valence-corrected chi connectivity index (χ4v) is 4.05. The molecule has 0 aliphatic heterocycles. The predicted octanol–water partition coefficient (Wildman–Crippen LogP) is -6.30. The van der Waals surface area contributed by atoms with Crippen LogP contribution in [0.4, 0.5) is 0 Å². The van der Waals surface area contributed by atoms with Gasteiger partial charge in [-0.3, -0.25) is 0 Å². The summed E-state index contributed by atoms with van der Waals surface area (Å²) in [4.78, 5) is 119. The van der Waals surface area contributed by atoms with Gasteiger partial charge in [-0.1, -0.05) is 69.6 Å². The van der Waals surface area contributed by atoms with E-state index in [2.05, 4.69) is 69.6 Å². The first kappa shape index (κ1) is 48.7. The van der Waals surface area contributed by atoms with Crippen molar-refractivity contribution in [2.75, 3.05) is 0 Å². The van der Waals surface area contributed by atoms with Crippen LogP contribution in [0.2, 0.25) is 0 Å². The minimum absolute atomic E-state index is 0. The molecule has 0 bridgehead atoms. The summed E-state index contributed by atoms with van der Waals surface area (Å²) < 4.78 is 48.2. The second-order valence-electron chi connectivity index (χ2n) is 4.51. The Morgan fingerprint density at radius 3 is 0.371 bits per heavy atom. The Kier molecular flexibility index (Phi) is 21.5. The second kappa shape index (κ2) is 15.5. The summed E-state index contributed by atoms with van der Waals surface area (Å²) in [6.07, 6.45) is 0. The number of alkyl halides is 6. The van der Waals surface area contributed by atoms with Gasteiger partial charge in [-0.15, -0.1) is 0 Å². The molecule has 18 nitrogen and oxygen atoms in total. The van der Waals surface area contributed by atoms with Crippen molar-refractivity contribution >= 4 is 115 Å². The maximum absolute atomic E-state index is 9.94. The Bertz CT molecular complexity index is 768. The summed E-state index contributed by atoms with van der Waals surface area (Å²) in [5.41, 5.74) is 0. The van der Waals surface area contributed by atoms with E-state index in [-0.39, 0.29) is 42.1 Å². The molecule has 0 aromatic carbocycles. The molecule has 0 amide bonds. The van der Waals surface area contributed by atoms with Crippen LogP contribution in [0.15, 0.2) is 0 Å². The second-order valence-corrected chi connectivity index (χ2v) is 22.7. The molecule has 0 heterocycles. The van der Waals surface area contributed by atoms with Crippen molar-refractivity contribution in [3.63, 3.8) is 0 Å². The van der Waals surface area contributed by atoms with E-state index in [1.165, 1.54) is 0 Å². The van der Waals surface area contributed by atoms with Gasteiger partial charge in [0.05, 0.1) is 0 Å². The molecule has 0 unspecified atom stereocenters. The Labute approximate surface area is 252 Å². The van der Waals surface area contributed by atoms with E-state index in [9.17, 15) is 86.1 Å². The zero-order chi connectivity index (χ0) is 28.5. The smallest absolute Gasteiger partial charge is 0.169 e. The summed E-state index contributed by atoms with van der Waals surface area (Å²) in [7, 11) is -35.1. The standard InChI is InChI=1S/3CH4Cl2O6P2.2W/c3*2-1(3,10(4,5)6)11(7,8)9;;/h3*(H2,4,5,6)(H2,7,8,9);;/p-12. The van der Waals surface area contributed by atoms with Gasteiger partial charge in [0.2, 0.25) is 0 Å². The van der Waals surface area contributed by atoms with Crippen LogP contribution in [0.5, 0.6) is 0 Å². The normalized spacial score (nSPS) is 14.2. The van der Waals surface area contributed by atoms with Crippen LogP contribution in [0, 0.1) is 0 Å². The minimum Gasteiger partial charge on any atom is -0.808 e. The van der Waals surface area contributed by atoms with Gasteiger partial charge >= 0.3 is 0 Å².